The Kier molecular flexibility index (Phi) is 8.53. The van der Waals surface area contributed by atoms with Gasteiger partial charge in [0.2, 0.25) is 0 Å². The molecule has 0 N–H and O–H groups in total. The smallest absolute Gasteiger partial charge is 0.139 e. The number of methoxy groups -OCH3 is 1. The maximum absolute atomic E-state index is 5.60. The van der Waals surface area contributed by atoms with Gasteiger partial charge in [0.25, 0.3) is 0 Å². The quantitative estimate of drug-likeness (QED) is 0.171. The molecule has 0 saturated carbocycles. The number of allylic oxidation sites excluding steroid dienone is 7. The van der Waals surface area contributed by atoms with Crippen molar-refractivity contribution in [3.05, 3.63) is 102 Å². The molecule has 2 nitrogen and oxygen atoms in total. The lowest BCUT2D eigenvalue weighted by molar-refractivity contribution is 0.411. The summed E-state index contributed by atoms with van der Waals surface area (Å²) in [5, 5.41) is 2.39. The topological polar surface area (TPSA) is 18.5 Å². The average Bonchev–Trinajstić information content (AvgIpc) is 2.71. The molecular weight excluding hydrogens is 352 g/mol. The monoisotopic (exact) mass is 378 g/mol. The van der Waals surface area contributed by atoms with Crippen molar-refractivity contribution in [2.24, 2.45) is 0 Å². The average molecular weight is 379 g/mol. The van der Waals surface area contributed by atoms with E-state index in [2.05, 4.69) is 49.8 Å². The summed E-state index contributed by atoms with van der Waals surface area (Å²) in [5.74, 6) is 1.60. The minimum atomic E-state index is 0.714. The van der Waals surface area contributed by atoms with E-state index >= 15 is 0 Å². The van der Waals surface area contributed by atoms with Gasteiger partial charge in [0, 0.05) is 24.0 Å². The molecule has 0 fully saturated rings. The van der Waals surface area contributed by atoms with E-state index in [0.717, 1.165) is 29.7 Å². The molecule has 0 amide bonds. The van der Waals surface area contributed by atoms with E-state index in [4.69, 9.17) is 8.92 Å². The molecule has 0 atom stereocenters. The number of hydrogen-bond donors (Lipinski definition) is 1. The number of ether oxygens (including phenoxy) is 1. The molecule has 0 aromatic heterocycles. The van der Waals surface area contributed by atoms with Crippen LogP contribution < -0.4 is 4.74 Å². The van der Waals surface area contributed by atoms with Crippen molar-refractivity contribution < 1.29 is 8.92 Å². The molecule has 0 spiro atoms. The van der Waals surface area contributed by atoms with E-state index in [1.165, 1.54) is 10.8 Å². The summed E-state index contributed by atoms with van der Waals surface area (Å²) in [5.41, 5.74) is 2.11. The molecule has 2 aromatic carbocycles. The molecule has 3 heteroatoms. The van der Waals surface area contributed by atoms with E-state index < -0.39 is 0 Å². The van der Waals surface area contributed by atoms with E-state index in [1.807, 2.05) is 55.5 Å². The van der Waals surface area contributed by atoms with Crippen molar-refractivity contribution in [3.63, 3.8) is 0 Å². The molecule has 27 heavy (non-hydrogen) atoms. The summed E-state index contributed by atoms with van der Waals surface area (Å²) >= 11 is 3.99. The van der Waals surface area contributed by atoms with Gasteiger partial charge in [0.1, 0.15) is 11.5 Å². The van der Waals surface area contributed by atoms with Crippen molar-refractivity contribution in [2.75, 3.05) is 7.11 Å². The third-order valence-corrected chi connectivity index (χ3v) is 4.41. The number of benzene rings is 2. The number of thiol groups is 1. The molecule has 0 saturated heterocycles. The standard InChI is InChI=1S/C24H26O2S/c1-4-6-7-8-9-13-20(23(5-2)26-27)15-17-22-21-14-11-10-12-19(21)16-18-24(22)25-3/h4-5,7-16,18,27H,1,6,17H2,2-3H3/b8-7-,13-9-,20-15+,23-5+. The first-order valence-corrected chi connectivity index (χ1v) is 9.28. The molecule has 0 aliphatic heterocycles. The van der Waals surface area contributed by atoms with Crippen molar-refractivity contribution in [3.8, 4) is 5.75 Å². The second kappa shape index (κ2) is 11.1. The minimum absolute atomic E-state index is 0.714. The lowest BCUT2D eigenvalue weighted by Gasteiger charge is -2.12. The lowest BCUT2D eigenvalue weighted by atomic mass is 9.99. The zero-order valence-corrected chi connectivity index (χ0v) is 16.8. The first kappa shape index (κ1) is 20.7. The van der Waals surface area contributed by atoms with Gasteiger partial charge in [-0.05, 0) is 42.7 Å². The maximum Gasteiger partial charge on any atom is 0.139 e. The second-order valence-electron chi connectivity index (χ2n) is 5.89. The van der Waals surface area contributed by atoms with Gasteiger partial charge in [-0.3, -0.25) is 0 Å². The van der Waals surface area contributed by atoms with Gasteiger partial charge in [-0.15, -0.1) is 6.58 Å². The van der Waals surface area contributed by atoms with Crippen molar-refractivity contribution in [1.29, 1.82) is 0 Å². The van der Waals surface area contributed by atoms with E-state index in [-0.39, 0.29) is 0 Å². The van der Waals surface area contributed by atoms with Gasteiger partial charge in [-0.25, -0.2) is 0 Å². The maximum atomic E-state index is 5.60. The zero-order valence-electron chi connectivity index (χ0n) is 15.9. The Balaban J connectivity index is 2.40. The third-order valence-electron chi connectivity index (χ3n) is 4.21. The van der Waals surface area contributed by atoms with Gasteiger partial charge in [-0.2, -0.15) is 0 Å². The number of hydrogen-bond acceptors (Lipinski definition) is 3. The normalized spacial score (nSPS) is 12.9. The summed E-state index contributed by atoms with van der Waals surface area (Å²) in [6, 6.07) is 12.4. The molecule has 0 bridgehead atoms. The van der Waals surface area contributed by atoms with Crippen molar-refractivity contribution in [1.82, 2.24) is 0 Å². The van der Waals surface area contributed by atoms with E-state index in [9.17, 15) is 0 Å². The Morgan fingerprint density at radius 3 is 2.67 bits per heavy atom. The fraction of sp³-hybridized carbons (Fsp3) is 0.167. The highest BCUT2D eigenvalue weighted by molar-refractivity contribution is 7.75. The van der Waals surface area contributed by atoms with Gasteiger partial charge < -0.3 is 8.92 Å². The summed E-state index contributed by atoms with van der Waals surface area (Å²) in [7, 11) is 1.71. The van der Waals surface area contributed by atoms with Crippen LogP contribution in [0.15, 0.2) is 96.8 Å². The van der Waals surface area contributed by atoms with E-state index in [0.29, 0.717) is 5.76 Å². The van der Waals surface area contributed by atoms with Crippen LogP contribution in [0.25, 0.3) is 10.8 Å². The molecule has 140 valence electrons. The van der Waals surface area contributed by atoms with Crippen LogP contribution in [-0.2, 0) is 10.6 Å². The largest absolute Gasteiger partial charge is 0.496 e. The highest BCUT2D eigenvalue weighted by Gasteiger charge is 2.08. The summed E-state index contributed by atoms with van der Waals surface area (Å²) in [6.07, 6.45) is 15.5. The summed E-state index contributed by atoms with van der Waals surface area (Å²) in [4.78, 5) is 0. The molecule has 2 rings (SSSR count). The van der Waals surface area contributed by atoms with Crippen LogP contribution in [0.5, 0.6) is 5.75 Å². The van der Waals surface area contributed by atoms with Crippen LogP contribution in [0.2, 0.25) is 0 Å². The van der Waals surface area contributed by atoms with Crippen LogP contribution in [-0.4, -0.2) is 7.11 Å². The predicted molar refractivity (Wildman–Crippen MR) is 119 cm³/mol. The SMILES string of the molecule is C=CC\C=C/C=C\C(=C/Cc1c(OC)ccc2ccccc12)C(=C/C)\OS. The molecular formula is C24H26O2S. The van der Waals surface area contributed by atoms with Crippen LogP contribution >= 0.6 is 12.9 Å². The first-order chi connectivity index (χ1) is 13.2. The van der Waals surface area contributed by atoms with Gasteiger partial charge in [0.05, 0.1) is 7.11 Å². The molecule has 0 unspecified atom stereocenters. The molecule has 0 aliphatic carbocycles. The van der Waals surface area contributed by atoms with E-state index in [1.54, 1.807) is 7.11 Å². The minimum Gasteiger partial charge on any atom is -0.496 e. The van der Waals surface area contributed by atoms with Crippen LogP contribution in [0.4, 0.5) is 0 Å². The van der Waals surface area contributed by atoms with Gasteiger partial charge >= 0.3 is 0 Å². The van der Waals surface area contributed by atoms with Crippen LogP contribution in [0, 0.1) is 0 Å². The highest BCUT2D eigenvalue weighted by atomic mass is 32.1. The Morgan fingerprint density at radius 1 is 1.15 bits per heavy atom. The Bertz CT molecular complexity index is 888. The Labute approximate surface area is 167 Å². The predicted octanol–water partition coefficient (Wildman–Crippen LogP) is 6.77. The molecule has 2 aromatic rings. The van der Waals surface area contributed by atoms with Crippen LogP contribution in [0.1, 0.15) is 18.9 Å². The summed E-state index contributed by atoms with van der Waals surface area (Å²) in [6.45, 7) is 5.64. The highest BCUT2D eigenvalue weighted by Crippen LogP contribution is 2.29. The fourth-order valence-corrected chi connectivity index (χ4v) is 3.08. The zero-order chi connectivity index (χ0) is 19.5. The molecule has 0 radical (unpaired) electrons. The summed E-state index contributed by atoms with van der Waals surface area (Å²) < 4.78 is 10.8. The second-order valence-corrected chi connectivity index (χ2v) is 6.07. The first-order valence-electron chi connectivity index (χ1n) is 8.92. The number of fused-ring (bicyclic) bond motifs is 1. The lowest BCUT2D eigenvalue weighted by Crippen LogP contribution is -1.94. The third kappa shape index (κ3) is 5.66. The Morgan fingerprint density at radius 2 is 1.96 bits per heavy atom. The van der Waals surface area contributed by atoms with Gasteiger partial charge in [-0.1, -0.05) is 66.8 Å². The van der Waals surface area contributed by atoms with Crippen LogP contribution in [0.3, 0.4) is 0 Å². The number of rotatable bonds is 9. The fourth-order valence-electron chi connectivity index (χ4n) is 2.87. The molecule has 0 heterocycles. The molecule has 0 aliphatic rings. The van der Waals surface area contributed by atoms with Gasteiger partial charge in [0.15, 0.2) is 0 Å². The van der Waals surface area contributed by atoms with Crippen molar-refractivity contribution in [2.45, 2.75) is 19.8 Å². The Hall–Kier alpha value is -2.65. The van der Waals surface area contributed by atoms with Crippen molar-refractivity contribution >= 4 is 23.7 Å².